The first-order valence-electron chi connectivity index (χ1n) is 4.94. The number of rotatable bonds is 1. The molecular formula is C10H14N4O. The highest BCUT2D eigenvalue weighted by Gasteiger charge is 2.25. The highest BCUT2D eigenvalue weighted by Crippen LogP contribution is 2.18. The van der Waals surface area contributed by atoms with E-state index in [1.807, 2.05) is 17.9 Å². The second kappa shape index (κ2) is 3.76. The Hall–Kier alpha value is -1.78. The van der Waals surface area contributed by atoms with Gasteiger partial charge in [-0.25, -0.2) is 4.98 Å². The van der Waals surface area contributed by atoms with E-state index >= 15 is 0 Å². The molecule has 0 bridgehead atoms. The lowest BCUT2D eigenvalue weighted by Crippen LogP contribution is -2.54. The molecule has 2 rings (SSSR count). The van der Waals surface area contributed by atoms with Crippen molar-refractivity contribution in [3.05, 3.63) is 18.3 Å². The van der Waals surface area contributed by atoms with Crippen LogP contribution in [0.5, 0.6) is 0 Å². The second-order valence-corrected chi connectivity index (χ2v) is 3.60. The van der Waals surface area contributed by atoms with Gasteiger partial charge in [0.1, 0.15) is 11.9 Å². The van der Waals surface area contributed by atoms with Crippen LogP contribution >= 0.6 is 0 Å². The number of aromatic nitrogens is 1. The number of nitrogen functional groups attached to an aromatic ring is 1. The molecule has 0 aliphatic carbocycles. The number of nitrogens with one attached hydrogen (secondary N) is 1. The van der Waals surface area contributed by atoms with Crippen molar-refractivity contribution in [2.45, 2.75) is 13.0 Å². The molecule has 1 atom stereocenters. The molecule has 0 aromatic carbocycles. The largest absolute Gasteiger partial charge is 0.384 e. The zero-order valence-corrected chi connectivity index (χ0v) is 8.60. The molecule has 1 amide bonds. The van der Waals surface area contributed by atoms with Gasteiger partial charge in [0.2, 0.25) is 5.91 Å². The van der Waals surface area contributed by atoms with Crippen LogP contribution in [-0.4, -0.2) is 30.0 Å². The van der Waals surface area contributed by atoms with E-state index in [0.717, 1.165) is 12.2 Å². The van der Waals surface area contributed by atoms with Crippen molar-refractivity contribution >= 4 is 17.4 Å². The van der Waals surface area contributed by atoms with Crippen LogP contribution < -0.4 is 16.0 Å². The predicted molar refractivity (Wildman–Crippen MR) is 58.5 cm³/mol. The SMILES string of the molecule is CC1C(=O)NCCN1c1ccc(N)nc1. The van der Waals surface area contributed by atoms with Crippen LogP contribution in [0.3, 0.4) is 0 Å². The number of pyridine rings is 1. The molecule has 2 heterocycles. The van der Waals surface area contributed by atoms with Gasteiger partial charge in [-0.1, -0.05) is 0 Å². The van der Waals surface area contributed by atoms with Crippen molar-refractivity contribution in [1.82, 2.24) is 10.3 Å². The van der Waals surface area contributed by atoms with Gasteiger partial charge in [0.05, 0.1) is 11.9 Å². The summed E-state index contributed by atoms with van der Waals surface area (Å²) in [5, 5.41) is 2.82. The first-order chi connectivity index (χ1) is 7.18. The maximum absolute atomic E-state index is 11.4. The molecule has 15 heavy (non-hydrogen) atoms. The summed E-state index contributed by atoms with van der Waals surface area (Å²) < 4.78 is 0. The van der Waals surface area contributed by atoms with E-state index in [2.05, 4.69) is 10.3 Å². The third-order valence-electron chi connectivity index (χ3n) is 2.60. The molecule has 1 aliphatic heterocycles. The molecular weight excluding hydrogens is 192 g/mol. The van der Waals surface area contributed by atoms with E-state index in [1.54, 1.807) is 12.3 Å². The number of carbonyl (C=O) groups is 1. The molecule has 3 N–H and O–H groups in total. The summed E-state index contributed by atoms with van der Waals surface area (Å²) in [4.78, 5) is 17.5. The first kappa shape index (κ1) is 9.76. The fourth-order valence-electron chi connectivity index (χ4n) is 1.70. The molecule has 5 heteroatoms. The maximum atomic E-state index is 11.4. The second-order valence-electron chi connectivity index (χ2n) is 3.60. The Labute approximate surface area is 88.3 Å². The lowest BCUT2D eigenvalue weighted by atomic mass is 10.2. The molecule has 1 aromatic rings. The van der Waals surface area contributed by atoms with E-state index in [4.69, 9.17) is 5.73 Å². The third-order valence-corrected chi connectivity index (χ3v) is 2.60. The van der Waals surface area contributed by atoms with E-state index < -0.39 is 0 Å². The summed E-state index contributed by atoms with van der Waals surface area (Å²) in [6.45, 7) is 3.36. The van der Waals surface area contributed by atoms with Gasteiger partial charge in [0.15, 0.2) is 0 Å². The summed E-state index contributed by atoms with van der Waals surface area (Å²) in [6.07, 6.45) is 1.70. The number of hydrogen-bond donors (Lipinski definition) is 2. The number of nitrogens with zero attached hydrogens (tertiary/aromatic N) is 2. The Morgan fingerprint density at radius 2 is 2.40 bits per heavy atom. The topological polar surface area (TPSA) is 71.2 Å². The summed E-state index contributed by atoms with van der Waals surface area (Å²) in [6, 6.07) is 3.48. The maximum Gasteiger partial charge on any atom is 0.242 e. The van der Waals surface area contributed by atoms with E-state index in [-0.39, 0.29) is 11.9 Å². The minimum Gasteiger partial charge on any atom is -0.384 e. The molecule has 0 spiro atoms. The molecule has 80 valence electrons. The highest BCUT2D eigenvalue weighted by molar-refractivity contribution is 5.86. The van der Waals surface area contributed by atoms with Crippen LogP contribution in [0.2, 0.25) is 0 Å². The predicted octanol–water partition coefficient (Wildman–Crippen LogP) is -0.0115. The van der Waals surface area contributed by atoms with Gasteiger partial charge in [-0.3, -0.25) is 4.79 Å². The molecule has 1 aliphatic rings. The van der Waals surface area contributed by atoms with Crippen molar-refractivity contribution in [2.24, 2.45) is 0 Å². The smallest absolute Gasteiger partial charge is 0.242 e. The first-order valence-corrected chi connectivity index (χ1v) is 4.94. The van der Waals surface area contributed by atoms with Crippen molar-refractivity contribution in [1.29, 1.82) is 0 Å². The molecule has 0 saturated carbocycles. The molecule has 1 saturated heterocycles. The Bertz CT molecular complexity index is 362. The number of anilines is 2. The number of hydrogen-bond acceptors (Lipinski definition) is 4. The Kier molecular flexibility index (Phi) is 2.45. The normalized spacial score (nSPS) is 21.3. The van der Waals surface area contributed by atoms with Gasteiger partial charge < -0.3 is 16.0 Å². The molecule has 1 aromatic heterocycles. The van der Waals surface area contributed by atoms with Gasteiger partial charge in [0.25, 0.3) is 0 Å². The van der Waals surface area contributed by atoms with Gasteiger partial charge in [0, 0.05) is 13.1 Å². The van der Waals surface area contributed by atoms with Gasteiger partial charge in [-0.15, -0.1) is 0 Å². The third kappa shape index (κ3) is 1.86. The van der Waals surface area contributed by atoms with E-state index in [1.165, 1.54) is 0 Å². The number of amides is 1. The minimum absolute atomic E-state index is 0.0538. The van der Waals surface area contributed by atoms with E-state index in [0.29, 0.717) is 12.4 Å². The van der Waals surface area contributed by atoms with Crippen molar-refractivity contribution in [2.75, 3.05) is 23.7 Å². The number of nitrogens with two attached hydrogens (primary N) is 1. The average Bonchev–Trinajstić information content (AvgIpc) is 2.24. The fourth-order valence-corrected chi connectivity index (χ4v) is 1.70. The van der Waals surface area contributed by atoms with Crippen LogP contribution in [0, 0.1) is 0 Å². The monoisotopic (exact) mass is 206 g/mol. The Morgan fingerprint density at radius 1 is 1.60 bits per heavy atom. The zero-order chi connectivity index (χ0) is 10.8. The molecule has 5 nitrogen and oxygen atoms in total. The highest BCUT2D eigenvalue weighted by atomic mass is 16.2. The van der Waals surface area contributed by atoms with E-state index in [9.17, 15) is 4.79 Å². The average molecular weight is 206 g/mol. The Balaban J connectivity index is 2.22. The molecule has 1 unspecified atom stereocenters. The van der Waals surface area contributed by atoms with Crippen LogP contribution in [0.15, 0.2) is 18.3 Å². The van der Waals surface area contributed by atoms with Gasteiger partial charge in [-0.05, 0) is 19.1 Å². The summed E-state index contributed by atoms with van der Waals surface area (Å²) in [5.41, 5.74) is 6.45. The van der Waals surface area contributed by atoms with Crippen LogP contribution in [0.4, 0.5) is 11.5 Å². The Morgan fingerprint density at radius 3 is 3.07 bits per heavy atom. The van der Waals surface area contributed by atoms with Crippen molar-refractivity contribution in [3.63, 3.8) is 0 Å². The lowest BCUT2D eigenvalue weighted by Gasteiger charge is -2.34. The van der Waals surface area contributed by atoms with Gasteiger partial charge in [-0.2, -0.15) is 0 Å². The number of carbonyl (C=O) groups excluding carboxylic acids is 1. The number of piperazine rings is 1. The summed E-state index contributed by atoms with van der Waals surface area (Å²) in [7, 11) is 0. The van der Waals surface area contributed by atoms with Crippen LogP contribution in [-0.2, 0) is 4.79 Å². The zero-order valence-electron chi connectivity index (χ0n) is 8.60. The summed E-state index contributed by atoms with van der Waals surface area (Å²) in [5.74, 6) is 0.547. The standard InChI is InChI=1S/C10H14N4O/c1-7-10(15)12-4-5-14(7)8-2-3-9(11)13-6-8/h2-3,6-7H,4-5H2,1H3,(H2,11,13)(H,12,15). The summed E-state index contributed by atoms with van der Waals surface area (Å²) >= 11 is 0. The van der Waals surface area contributed by atoms with Crippen molar-refractivity contribution in [3.8, 4) is 0 Å². The minimum atomic E-state index is -0.149. The van der Waals surface area contributed by atoms with Crippen LogP contribution in [0.25, 0.3) is 0 Å². The fraction of sp³-hybridized carbons (Fsp3) is 0.400. The van der Waals surface area contributed by atoms with Crippen molar-refractivity contribution < 1.29 is 4.79 Å². The van der Waals surface area contributed by atoms with Crippen LogP contribution in [0.1, 0.15) is 6.92 Å². The quantitative estimate of drug-likeness (QED) is 0.678. The van der Waals surface area contributed by atoms with Gasteiger partial charge >= 0.3 is 0 Å². The lowest BCUT2D eigenvalue weighted by molar-refractivity contribution is -0.122. The molecule has 1 fully saturated rings. The molecule has 0 radical (unpaired) electrons.